The highest BCUT2D eigenvalue weighted by Crippen LogP contribution is 2.42. The van der Waals surface area contributed by atoms with Crippen molar-refractivity contribution in [3.05, 3.63) is 194 Å². The Labute approximate surface area is 290 Å². The third-order valence-electron chi connectivity index (χ3n) is 10.1. The molecule has 8 aromatic carbocycles. The first-order valence-electron chi connectivity index (χ1n) is 17.2. The molecule has 0 aliphatic heterocycles. The molecule has 10 rings (SSSR count). The highest BCUT2D eigenvalue weighted by Gasteiger charge is 2.21. The van der Waals surface area contributed by atoms with Crippen LogP contribution in [-0.2, 0) is 0 Å². The number of rotatable bonds is 5. The first-order chi connectivity index (χ1) is 24.8. The lowest BCUT2D eigenvalue weighted by Gasteiger charge is -2.12. The SMILES string of the molecule is c1ccc(-c2ccc(-n3c4ccccc4c4c3ccc3c5ccccc5n(-c5cccc(-c6cccc(-c7ccccc7)c6)c5)c34)cc2)cc1. The van der Waals surface area contributed by atoms with Gasteiger partial charge in [-0.15, -0.1) is 0 Å². The number of nitrogens with zero attached hydrogens (tertiary/aromatic N) is 2. The first kappa shape index (κ1) is 28.4. The third kappa shape index (κ3) is 4.50. The predicted octanol–water partition coefficient (Wildman–Crippen LogP) is 12.9. The van der Waals surface area contributed by atoms with Crippen LogP contribution in [-0.4, -0.2) is 9.13 Å². The zero-order valence-electron chi connectivity index (χ0n) is 27.4. The molecule has 0 N–H and O–H groups in total. The molecule has 0 fully saturated rings. The van der Waals surface area contributed by atoms with Crippen LogP contribution in [0, 0.1) is 0 Å². The van der Waals surface area contributed by atoms with Gasteiger partial charge in [-0.2, -0.15) is 0 Å². The quantitative estimate of drug-likeness (QED) is 0.178. The van der Waals surface area contributed by atoms with Gasteiger partial charge in [0.05, 0.1) is 22.1 Å². The highest BCUT2D eigenvalue weighted by molar-refractivity contribution is 6.26. The van der Waals surface area contributed by atoms with Gasteiger partial charge < -0.3 is 9.13 Å². The van der Waals surface area contributed by atoms with Crippen LogP contribution in [0.1, 0.15) is 0 Å². The number of hydrogen-bond acceptors (Lipinski definition) is 0. The summed E-state index contributed by atoms with van der Waals surface area (Å²) in [5.41, 5.74) is 14.4. The van der Waals surface area contributed by atoms with Crippen LogP contribution in [0.2, 0.25) is 0 Å². The summed E-state index contributed by atoms with van der Waals surface area (Å²) in [7, 11) is 0. The van der Waals surface area contributed by atoms with Crippen molar-refractivity contribution in [1.29, 1.82) is 0 Å². The minimum atomic E-state index is 1.15. The summed E-state index contributed by atoms with van der Waals surface area (Å²) in [5, 5.41) is 5.02. The Morgan fingerprint density at radius 2 is 0.780 bits per heavy atom. The minimum absolute atomic E-state index is 1.15. The molecule has 0 saturated heterocycles. The van der Waals surface area contributed by atoms with E-state index in [0.717, 1.165) is 11.4 Å². The second-order valence-electron chi connectivity index (χ2n) is 13.0. The molecule has 2 heterocycles. The van der Waals surface area contributed by atoms with E-state index in [1.807, 2.05) is 0 Å². The maximum atomic E-state index is 2.48. The van der Waals surface area contributed by atoms with Gasteiger partial charge in [-0.05, 0) is 81.9 Å². The first-order valence-corrected chi connectivity index (χ1v) is 17.2. The molecule has 2 aromatic heterocycles. The van der Waals surface area contributed by atoms with Crippen LogP contribution in [0.25, 0.3) is 88.4 Å². The van der Waals surface area contributed by atoms with Gasteiger partial charge in [0, 0.05) is 32.9 Å². The van der Waals surface area contributed by atoms with Crippen LogP contribution >= 0.6 is 0 Å². The van der Waals surface area contributed by atoms with Crippen LogP contribution in [0.15, 0.2) is 194 Å². The number of fused-ring (bicyclic) bond motifs is 7. The van der Waals surface area contributed by atoms with E-state index in [1.54, 1.807) is 0 Å². The van der Waals surface area contributed by atoms with Gasteiger partial charge in [0.2, 0.25) is 0 Å². The van der Waals surface area contributed by atoms with Crippen molar-refractivity contribution < 1.29 is 0 Å². The fourth-order valence-corrected chi connectivity index (χ4v) is 7.82. The van der Waals surface area contributed by atoms with Crippen LogP contribution in [0.4, 0.5) is 0 Å². The Kier molecular flexibility index (Phi) is 6.53. The monoisotopic (exact) mass is 636 g/mol. The summed E-state index contributed by atoms with van der Waals surface area (Å²) < 4.78 is 4.90. The van der Waals surface area contributed by atoms with Gasteiger partial charge in [-0.1, -0.05) is 146 Å². The van der Waals surface area contributed by atoms with Crippen molar-refractivity contribution in [1.82, 2.24) is 9.13 Å². The fourth-order valence-electron chi connectivity index (χ4n) is 7.82. The minimum Gasteiger partial charge on any atom is -0.309 e. The van der Waals surface area contributed by atoms with Gasteiger partial charge in [-0.25, -0.2) is 0 Å². The largest absolute Gasteiger partial charge is 0.309 e. The van der Waals surface area contributed by atoms with Gasteiger partial charge in [0.25, 0.3) is 0 Å². The van der Waals surface area contributed by atoms with Crippen LogP contribution < -0.4 is 0 Å². The Hall–Kier alpha value is -6.64. The molecule has 0 aliphatic rings. The lowest BCUT2D eigenvalue weighted by molar-refractivity contribution is 1.17. The molecule has 0 bridgehead atoms. The topological polar surface area (TPSA) is 9.86 Å². The van der Waals surface area contributed by atoms with Crippen molar-refractivity contribution in [3.63, 3.8) is 0 Å². The molecular formula is C48H32N2. The number of aromatic nitrogens is 2. The molecular weight excluding hydrogens is 605 g/mol. The molecule has 234 valence electrons. The van der Waals surface area contributed by atoms with E-state index in [4.69, 9.17) is 0 Å². The molecule has 0 spiro atoms. The summed E-state index contributed by atoms with van der Waals surface area (Å²) in [6.45, 7) is 0. The lowest BCUT2D eigenvalue weighted by atomic mass is 9.99. The van der Waals surface area contributed by atoms with E-state index in [2.05, 4.69) is 203 Å². The van der Waals surface area contributed by atoms with Crippen molar-refractivity contribution >= 4 is 43.6 Å². The summed E-state index contributed by atoms with van der Waals surface area (Å²) >= 11 is 0. The predicted molar refractivity (Wildman–Crippen MR) is 211 cm³/mol. The number of hydrogen-bond donors (Lipinski definition) is 0. The van der Waals surface area contributed by atoms with Crippen molar-refractivity contribution in [3.8, 4) is 44.8 Å². The van der Waals surface area contributed by atoms with Crippen molar-refractivity contribution in [2.45, 2.75) is 0 Å². The molecule has 0 amide bonds. The molecule has 0 saturated carbocycles. The van der Waals surface area contributed by atoms with E-state index >= 15 is 0 Å². The number of para-hydroxylation sites is 2. The van der Waals surface area contributed by atoms with Gasteiger partial charge in [0.1, 0.15) is 0 Å². The molecule has 0 radical (unpaired) electrons. The van der Waals surface area contributed by atoms with Crippen molar-refractivity contribution in [2.24, 2.45) is 0 Å². The Balaban J connectivity index is 1.21. The maximum Gasteiger partial charge on any atom is 0.0641 e. The normalized spacial score (nSPS) is 11.6. The maximum absolute atomic E-state index is 2.48. The molecule has 0 aliphatic carbocycles. The standard InChI is InChI=1S/C48H32N2/c1-3-13-33(14-4-1)35-25-27-39(28-26-35)49-45-24-10-8-22-43(45)47-46(49)30-29-42-41-21-7-9-23-44(41)50(48(42)47)40-20-12-19-38(32-40)37-18-11-17-36(31-37)34-15-5-2-6-16-34/h1-32H. The van der Waals surface area contributed by atoms with E-state index < -0.39 is 0 Å². The fraction of sp³-hybridized carbons (Fsp3) is 0. The van der Waals surface area contributed by atoms with E-state index in [0.29, 0.717) is 0 Å². The summed E-state index contributed by atoms with van der Waals surface area (Å²) in [4.78, 5) is 0. The van der Waals surface area contributed by atoms with Gasteiger partial charge in [-0.3, -0.25) is 0 Å². The molecule has 50 heavy (non-hydrogen) atoms. The summed E-state index contributed by atoms with van der Waals surface area (Å²) in [6.07, 6.45) is 0. The van der Waals surface area contributed by atoms with Crippen LogP contribution in [0.5, 0.6) is 0 Å². The zero-order chi connectivity index (χ0) is 33.0. The summed E-state index contributed by atoms with van der Waals surface area (Å²) in [6, 6.07) is 70.3. The van der Waals surface area contributed by atoms with Gasteiger partial charge in [0.15, 0.2) is 0 Å². The second-order valence-corrected chi connectivity index (χ2v) is 13.0. The summed E-state index contributed by atoms with van der Waals surface area (Å²) in [5.74, 6) is 0. The molecule has 0 unspecified atom stereocenters. The smallest absolute Gasteiger partial charge is 0.0641 e. The highest BCUT2D eigenvalue weighted by atomic mass is 15.0. The lowest BCUT2D eigenvalue weighted by Crippen LogP contribution is -1.96. The number of benzene rings is 8. The van der Waals surface area contributed by atoms with Gasteiger partial charge >= 0.3 is 0 Å². The average Bonchev–Trinajstić information content (AvgIpc) is 3.72. The Morgan fingerprint density at radius 1 is 0.260 bits per heavy atom. The molecule has 10 aromatic rings. The van der Waals surface area contributed by atoms with Crippen LogP contribution in [0.3, 0.4) is 0 Å². The molecule has 2 heteroatoms. The third-order valence-corrected chi connectivity index (χ3v) is 10.1. The molecule has 0 atom stereocenters. The Morgan fingerprint density at radius 3 is 1.50 bits per heavy atom. The Bertz CT molecular complexity index is 2840. The average molecular weight is 637 g/mol. The van der Waals surface area contributed by atoms with E-state index in [1.165, 1.54) is 77.0 Å². The van der Waals surface area contributed by atoms with E-state index in [-0.39, 0.29) is 0 Å². The zero-order valence-corrected chi connectivity index (χ0v) is 27.4. The van der Waals surface area contributed by atoms with Crippen molar-refractivity contribution in [2.75, 3.05) is 0 Å². The van der Waals surface area contributed by atoms with E-state index in [9.17, 15) is 0 Å². The second kappa shape index (κ2) is 11.5. The molecule has 2 nitrogen and oxygen atoms in total.